The van der Waals surface area contributed by atoms with E-state index in [2.05, 4.69) is 15.5 Å². The van der Waals surface area contributed by atoms with Crippen LogP contribution in [0.3, 0.4) is 0 Å². The van der Waals surface area contributed by atoms with E-state index in [-0.39, 0.29) is 12.1 Å². The van der Waals surface area contributed by atoms with Crippen LogP contribution in [0.5, 0.6) is 0 Å². The molecule has 0 spiro atoms. The van der Waals surface area contributed by atoms with Gasteiger partial charge >= 0.3 is 6.03 Å². The molecule has 138 valence electrons. The van der Waals surface area contributed by atoms with Gasteiger partial charge in [-0.2, -0.15) is 4.98 Å². The zero-order chi connectivity index (χ0) is 18.8. The first-order valence-electron chi connectivity index (χ1n) is 8.84. The summed E-state index contributed by atoms with van der Waals surface area (Å²) >= 11 is 6.03. The van der Waals surface area contributed by atoms with E-state index in [1.165, 1.54) is 0 Å². The molecule has 1 atom stereocenters. The topological polar surface area (TPSA) is 71.3 Å². The van der Waals surface area contributed by atoms with Gasteiger partial charge in [0.05, 0.1) is 0 Å². The number of carbonyl (C=O) groups excluding carboxylic acids is 1. The van der Waals surface area contributed by atoms with Gasteiger partial charge in [0.25, 0.3) is 0 Å². The van der Waals surface area contributed by atoms with Crippen LogP contribution >= 0.6 is 11.6 Å². The summed E-state index contributed by atoms with van der Waals surface area (Å²) in [5.74, 6) is 0.917. The molecule has 1 fully saturated rings. The highest BCUT2D eigenvalue weighted by Crippen LogP contribution is 2.32. The molecule has 1 saturated heterocycles. The first-order valence-corrected chi connectivity index (χ1v) is 9.22. The highest BCUT2D eigenvalue weighted by molar-refractivity contribution is 6.30. The van der Waals surface area contributed by atoms with Crippen molar-refractivity contribution in [2.75, 3.05) is 11.9 Å². The Morgan fingerprint density at radius 3 is 2.93 bits per heavy atom. The van der Waals surface area contributed by atoms with Gasteiger partial charge in [-0.1, -0.05) is 41.0 Å². The van der Waals surface area contributed by atoms with Crippen molar-refractivity contribution in [3.63, 3.8) is 0 Å². The molecule has 1 aromatic heterocycles. The smallest absolute Gasteiger partial charge is 0.322 e. The van der Waals surface area contributed by atoms with Crippen molar-refractivity contribution < 1.29 is 9.32 Å². The van der Waals surface area contributed by atoms with Gasteiger partial charge in [-0.05, 0) is 49.6 Å². The zero-order valence-corrected chi connectivity index (χ0v) is 15.6. The highest BCUT2D eigenvalue weighted by atomic mass is 35.5. The third kappa shape index (κ3) is 3.80. The maximum absolute atomic E-state index is 12.7. The van der Waals surface area contributed by atoms with E-state index in [0.29, 0.717) is 23.3 Å². The molecular formula is C20H19ClN4O2. The average Bonchev–Trinajstić information content (AvgIpc) is 3.31. The lowest BCUT2D eigenvalue weighted by atomic mass is 10.2. The summed E-state index contributed by atoms with van der Waals surface area (Å²) in [7, 11) is 0. The zero-order valence-electron chi connectivity index (χ0n) is 14.9. The fourth-order valence-electron chi connectivity index (χ4n) is 3.30. The van der Waals surface area contributed by atoms with E-state index in [0.717, 1.165) is 29.7 Å². The minimum Gasteiger partial charge on any atom is -0.337 e. The standard InChI is InChI=1S/C20H19ClN4O2/c1-13-5-2-8-16(11-13)22-20(26)25-10-4-9-17(25)19-23-18(24-27-19)14-6-3-7-15(21)12-14/h2-3,5-8,11-12,17H,4,9-10H2,1H3,(H,22,26)/t17-/m1/s1. The van der Waals surface area contributed by atoms with E-state index in [4.69, 9.17) is 16.1 Å². The third-order valence-electron chi connectivity index (χ3n) is 4.59. The van der Waals surface area contributed by atoms with Crippen LogP contribution in [0.4, 0.5) is 10.5 Å². The average molecular weight is 383 g/mol. The van der Waals surface area contributed by atoms with Crippen LogP contribution in [0.25, 0.3) is 11.4 Å². The van der Waals surface area contributed by atoms with E-state index in [1.807, 2.05) is 43.3 Å². The largest absolute Gasteiger partial charge is 0.337 e. The second-order valence-corrected chi connectivity index (χ2v) is 7.05. The quantitative estimate of drug-likeness (QED) is 0.686. The minimum atomic E-state index is -0.227. The van der Waals surface area contributed by atoms with Crippen LogP contribution in [-0.4, -0.2) is 27.6 Å². The Morgan fingerprint density at radius 2 is 2.11 bits per heavy atom. The molecule has 0 aliphatic carbocycles. The van der Waals surface area contributed by atoms with E-state index in [9.17, 15) is 4.79 Å². The number of halogens is 1. The Labute approximate surface area is 162 Å². The molecule has 0 unspecified atom stereocenters. The Kier molecular flexibility index (Phi) is 4.81. The van der Waals surface area contributed by atoms with Crippen LogP contribution in [-0.2, 0) is 0 Å². The predicted molar refractivity (Wildman–Crippen MR) is 104 cm³/mol. The molecule has 2 aromatic carbocycles. The molecule has 3 aromatic rings. The molecule has 1 aliphatic rings. The van der Waals surface area contributed by atoms with Crippen LogP contribution < -0.4 is 5.32 Å². The lowest BCUT2D eigenvalue weighted by Crippen LogP contribution is -2.34. The monoisotopic (exact) mass is 382 g/mol. The van der Waals surface area contributed by atoms with Crippen LogP contribution in [0, 0.1) is 6.92 Å². The number of nitrogens with zero attached hydrogens (tertiary/aromatic N) is 3. The summed E-state index contributed by atoms with van der Waals surface area (Å²) in [5.41, 5.74) is 2.65. The second-order valence-electron chi connectivity index (χ2n) is 6.62. The number of anilines is 1. The highest BCUT2D eigenvalue weighted by Gasteiger charge is 2.34. The number of hydrogen-bond donors (Lipinski definition) is 1. The fraction of sp³-hybridized carbons (Fsp3) is 0.250. The molecular weight excluding hydrogens is 364 g/mol. The number of urea groups is 1. The van der Waals surface area contributed by atoms with Gasteiger partial charge in [-0.15, -0.1) is 0 Å². The molecule has 0 saturated carbocycles. The van der Waals surface area contributed by atoms with Gasteiger partial charge in [-0.3, -0.25) is 0 Å². The van der Waals surface area contributed by atoms with E-state index >= 15 is 0 Å². The fourth-order valence-corrected chi connectivity index (χ4v) is 3.49. The lowest BCUT2D eigenvalue weighted by Gasteiger charge is -2.22. The predicted octanol–water partition coefficient (Wildman–Crippen LogP) is 5.07. The maximum atomic E-state index is 12.7. The Morgan fingerprint density at radius 1 is 1.26 bits per heavy atom. The molecule has 2 heterocycles. The summed E-state index contributed by atoms with van der Waals surface area (Å²) in [6, 6.07) is 14.6. The first-order chi connectivity index (χ1) is 13.1. The molecule has 1 aliphatic heterocycles. The van der Waals surface area contributed by atoms with Crippen molar-refractivity contribution in [2.24, 2.45) is 0 Å². The number of aromatic nitrogens is 2. The minimum absolute atomic E-state index is 0.161. The number of likely N-dealkylation sites (tertiary alicyclic amines) is 1. The van der Waals surface area contributed by atoms with E-state index in [1.54, 1.807) is 17.0 Å². The molecule has 0 bridgehead atoms. The molecule has 27 heavy (non-hydrogen) atoms. The normalized spacial score (nSPS) is 16.5. The van der Waals surface area contributed by atoms with E-state index < -0.39 is 0 Å². The first kappa shape index (κ1) is 17.5. The van der Waals surface area contributed by atoms with Gasteiger partial charge in [-0.25, -0.2) is 4.79 Å². The molecule has 6 nitrogen and oxygen atoms in total. The van der Waals surface area contributed by atoms with Gasteiger partial charge in [0.2, 0.25) is 11.7 Å². The Balaban J connectivity index is 1.52. The molecule has 4 rings (SSSR count). The van der Waals surface area contributed by atoms with Crippen LogP contribution in [0.2, 0.25) is 5.02 Å². The number of nitrogens with one attached hydrogen (secondary N) is 1. The van der Waals surface area contributed by atoms with Crippen LogP contribution in [0.15, 0.2) is 53.1 Å². The molecule has 7 heteroatoms. The van der Waals surface area contributed by atoms with Gasteiger partial charge < -0.3 is 14.7 Å². The van der Waals surface area contributed by atoms with Crippen LogP contribution in [0.1, 0.15) is 30.3 Å². The Bertz CT molecular complexity index is 972. The number of hydrogen-bond acceptors (Lipinski definition) is 4. The molecule has 2 amide bonds. The number of aryl methyl sites for hydroxylation is 1. The molecule has 0 radical (unpaired) electrons. The third-order valence-corrected chi connectivity index (χ3v) is 4.83. The summed E-state index contributed by atoms with van der Waals surface area (Å²) in [5, 5.41) is 7.62. The SMILES string of the molecule is Cc1cccc(NC(=O)N2CCC[C@@H]2c2nc(-c3cccc(Cl)c3)no2)c1. The van der Waals surface area contributed by atoms with Gasteiger partial charge in [0, 0.05) is 22.8 Å². The number of carbonyl (C=O) groups is 1. The molecule has 1 N–H and O–H groups in total. The van der Waals surface area contributed by atoms with Gasteiger partial charge in [0.1, 0.15) is 6.04 Å². The Hall–Kier alpha value is -2.86. The van der Waals surface area contributed by atoms with Crippen molar-refractivity contribution in [1.82, 2.24) is 15.0 Å². The summed E-state index contributed by atoms with van der Waals surface area (Å²) in [6.45, 7) is 2.64. The lowest BCUT2D eigenvalue weighted by molar-refractivity contribution is 0.193. The number of rotatable bonds is 3. The van der Waals surface area contributed by atoms with Crippen molar-refractivity contribution in [3.8, 4) is 11.4 Å². The van der Waals surface area contributed by atoms with Crippen molar-refractivity contribution >= 4 is 23.3 Å². The van der Waals surface area contributed by atoms with Crippen molar-refractivity contribution in [3.05, 3.63) is 65.0 Å². The summed E-state index contributed by atoms with van der Waals surface area (Å²) in [6.07, 6.45) is 1.68. The second kappa shape index (κ2) is 7.40. The van der Waals surface area contributed by atoms with Crippen molar-refractivity contribution in [1.29, 1.82) is 0 Å². The van der Waals surface area contributed by atoms with Crippen molar-refractivity contribution in [2.45, 2.75) is 25.8 Å². The summed E-state index contributed by atoms with van der Waals surface area (Å²) in [4.78, 5) is 19.0. The van der Waals surface area contributed by atoms with Gasteiger partial charge in [0.15, 0.2) is 0 Å². The maximum Gasteiger partial charge on any atom is 0.322 e. The summed E-state index contributed by atoms with van der Waals surface area (Å²) < 4.78 is 5.47. The number of amides is 2. The number of benzene rings is 2.